The highest BCUT2D eigenvalue weighted by Gasteiger charge is 2.18. The van der Waals surface area contributed by atoms with Crippen molar-refractivity contribution in [2.45, 2.75) is 5.16 Å². The monoisotopic (exact) mass is 385 g/mol. The minimum Gasteiger partial charge on any atom is -0.492 e. The van der Waals surface area contributed by atoms with E-state index in [1.54, 1.807) is 0 Å². The zero-order chi connectivity index (χ0) is 19.2. The van der Waals surface area contributed by atoms with Gasteiger partial charge in [-0.3, -0.25) is 9.69 Å². The molecule has 0 radical (unpaired) electrons. The summed E-state index contributed by atoms with van der Waals surface area (Å²) in [6, 6.07) is 9.38. The van der Waals surface area contributed by atoms with Gasteiger partial charge in [-0.1, -0.05) is 23.9 Å². The van der Waals surface area contributed by atoms with Crippen molar-refractivity contribution in [1.82, 2.24) is 19.8 Å². The number of aromatic nitrogens is 2. The first-order chi connectivity index (χ1) is 13.1. The molecular weight excluding hydrogens is 362 g/mol. The average Bonchev–Trinajstić information content (AvgIpc) is 2.69. The Morgan fingerprint density at radius 3 is 2.74 bits per heavy atom. The highest BCUT2D eigenvalue weighted by Crippen LogP contribution is 2.30. The van der Waals surface area contributed by atoms with Crippen LogP contribution in [0.5, 0.6) is 5.75 Å². The van der Waals surface area contributed by atoms with Gasteiger partial charge in [-0.25, -0.2) is 4.98 Å². The van der Waals surface area contributed by atoms with Crippen molar-refractivity contribution in [2.24, 2.45) is 0 Å². The number of para-hydroxylation sites is 1. The van der Waals surface area contributed by atoms with Crippen LogP contribution in [0.15, 0.2) is 34.2 Å². The summed E-state index contributed by atoms with van der Waals surface area (Å²) in [5.41, 5.74) is 0.594. The molecule has 3 rings (SSSR count). The quantitative estimate of drug-likeness (QED) is 0.598. The van der Waals surface area contributed by atoms with Gasteiger partial charge in [-0.15, -0.1) is 0 Å². The van der Waals surface area contributed by atoms with Crippen LogP contribution in [0.2, 0.25) is 0 Å². The molecular formula is C19H23N5O2S. The number of likely N-dealkylation sites (N-methyl/N-ethyl adjacent to an activating group) is 1. The Balaban J connectivity index is 1.80. The number of aromatic amines is 1. The summed E-state index contributed by atoms with van der Waals surface area (Å²) >= 11 is 1.33. The van der Waals surface area contributed by atoms with E-state index >= 15 is 0 Å². The summed E-state index contributed by atoms with van der Waals surface area (Å²) in [7, 11) is 2.13. The maximum Gasteiger partial charge on any atom is 0.270 e. The Morgan fingerprint density at radius 2 is 2.04 bits per heavy atom. The van der Waals surface area contributed by atoms with Crippen LogP contribution in [0.25, 0.3) is 11.3 Å². The van der Waals surface area contributed by atoms with Gasteiger partial charge in [0.25, 0.3) is 5.56 Å². The van der Waals surface area contributed by atoms with Crippen molar-refractivity contribution in [3.8, 4) is 23.1 Å². The number of nitriles is 1. The number of ether oxygens (including phenoxy) is 1. The Kier molecular flexibility index (Phi) is 6.50. The first-order valence-corrected chi connectivity index (χ1v) is 10.1. The third-order valence-corrected chi connectivity index (χ3v) is 5.19. The van der Waals surface area contributed by atoms with Gasteiger partial charge >= 0.3 is 0 Å². The normalized spacial score (nSPS) is 15.4. The molecule has 142 valence electrons. The van der Waals surface area contributed by atoms with Gasteiger partial charge in [0.15, 0.2) is 5.16 Å². The van der Waals surface area contributed by atoms with E-state index in [1.165, 1.54) is 11.8 Å². The number of hydrogen-bond donors (Lipinski definition) is 1. The molecule has 1 aromatic heterocycles. The molecule has 1 fully saturated rings. The number of thioether (sulfide) groups is 1. The number of hydrogen-bond acceptors (Lipinski definition) is 7. The van der Waals surface area contributed by atoms with Gasteiger partial charge in [-0.05, 0) is 25.4 Å². The second-order valence-electron chi connectivity index (χ2n) is 6.40. The zero-order valence-corrected chi connectivity index (χ0v) is 16.4. The Hall–Kier alpha value is -2.34. The number of piperazine rings is 1. The molecule has 0 aliphatic carbocycles. The molecule has 8 heteroatoms. The standard InChI is InChI=1S/C19H23N5O2S/c1-23-7-9-24(10-8-23)11-12-26-16-6-4-3-5-14(16)17-15(13-20)18(25)22-19(21-17)27-2/h3-6H,7-12H2,1-2H3,(H,21,22,25). The average molecular weight is 385 g/mol. The second kappa shape index (κ2) is 9.04. The van der Waals surface area contributed by atoms with Crippen molar-refractivity contribution in [2.75, 3.05) is 52.6 Å². The van der Waals surface area contributed by atoms with Gasteiger partial charge in [0, 0.05) is 38.3 Å². The summed E-state index contributed by atoms with van der Waals surface area (Å²) in [6.45, 7) is 5.58. The fourth-order valence-corrected chi connectivity index (χ4v) is 3.37. The van der Waals surface area contributed by atoms with Gasteiger partial charge in [-0.2, -0.15) is 5.26 Å². The van der Waals surface area contributed by atoms with Crippen molar-refractivity contribution < 1.29 is 4.74 Å². The van der Waals surface area contributed by atoms with Gasteiger partial charge in [0.05, 0.1) is 0 Å². The van der Waals surface area contributed by atoms with Crippen LogP contribution in [0, 0.1) is 11.3 Å². The summed E-state index contributed by atoms with van der Waals surface area (Å²) in [5, 5.41) is 9.89. The van der Waals surface area contributed by atoms with Crippen LogP contribution < -0.4 is 10.3 Å². The maximum atomic E-state index is 12.2. The minimum atomic E-state index is -0.431. The van der Waals surface area contributed by atoms with E-state index in [1.807, 2.05) is 36.6 Å². The molecule has 0 bridgehead atoms. The number of rotatable bonds is 6. The lowest BCUT2D eigenvalue weighted by atomic mass is 10.1. The Labute approximate surface area is 163 Å². The van der Waals surface area contributed by atoms with E-state index in [4.69, 9.17) is 4.74 Å². The van der Waals surface area contributed by atoms with Crippen molar-refractivity contribution >= 4 is 11.8 Å². The predicted molar refractivity (Wildman–Crippen MR) is 106 cm³/mol. The topological polar surface area (TPSA) is 85.2 Å². The van der Waals surface area contributed by atoms with Gasteiger partial charge < -0.3 is 14.6 Å². The number of H-pyrrole nitrogens is 1. The van der Waals surface area contributed by atoms with Crippen molar-refractivity contribution in [3.63, 3.8) is 0 Å². The minimum absolute atomic E-state index is 0.00270. The summed E-state index contributed by atoms with van der Waals surface area (Å²) in [6.07, 6.45) is 1.83. The van der Waals surface area contributed by atoms with E-state index in [-0.39, 0.29) is 5.56 Å². The highest BCUT2D eigenvalue weighted by atomic mass is 32.2. The van der Waals surface area contributed by atoms with E-state index < -0.39 is 5.56 Å². The number of nitrogens with one attached hydrogen (secondary N) is 1. The molecule has 0 atom stereocenters. The summed E-state index contributed by atoms with van der Waals surface area (Å²) < 4.78 is 6.01. The fraction of sp³-hybridized carbons (Fsp3) is 0.421. The SMILES string of the molecule is CSc1nc(-c2ccccc2OCCN2CCN(C)CC2)c(C#N)c(=O)[nH]1. The molecule has 1 saturated heterocycles. The lowest BCUT2D eigenvalue weighted by Gasteiger charge is -2.32. The van der Waals surface area contributed by atoms with Crippen LogP contribution >= 0.6 is 11.8 Å². The highest BCUT2D eigenvalue weighted by molar-refractivity contribution is 7.98. The lowest BCUT2D eigenvalue weighted by molar-refractivity contribution is 0.134. The number of benzene rings is 1. The molecule has 2 aromatic rings. The molecule has 1 N–H and O–H groups in total. The van der Waals surface area contributed by atoms with Crippen molar-refractivity contribution in [3.05, 3.63) is 40.2 Å². The molecule has 0 amide bonds. The molecule has 27 heavy (non-hydrogen) atoms. The van der Waals surface area contributed by atoms with E-state index in [2.05, 4.69) is 26.8 Å². The molecule has 0 unspecified atom stereocenters. The van der Waals surface area contributed by atoms with Gasteiger partial charge in [0.2, 0.25) is 0 Å². The lowest BCUT2D eigenvalue weighted by Crippen LogP contribution is -2.45. The first kappa shape index (κ1) is 19.4. The third-order valence-electron chi connectivity index (χ3n) is 4.61. The summed E-state index contributed by atoms with van der Waals surface area (Å²) in [5.74, 6) is 0.633. The predicted octanol–water partition coefficient (Wildman–Crippen LogP) is 1.66. The summed E-state index contributed by atoms with van der Waals surface area (Å²) in [4.78, 5) is 24.0. The van der Waals surface area contributed by atoms with Crippen LogP contribution in [0.4, 0.5) is 0 Å². The molecule has 1 aliphatic rings. The Morgan fingerprint density at radius 1 is 1.30 bits per heavy atom. The molecule has 1 aliphatic heterocycles. The van der Waals surface area contributed by atoms with E-state index in [9.17, 15) is 10.1 Å². The third kappa shape index (κ3) is 4.69. The van der Waals surface area contributed by atoms with Crippen LogP contribution in [0.1, 0.15) is 5.56 Å². The van der Waals surface area contributed by atoms with Gasteiger partial charge in [0.1, 0.15) is 29.7 Å². The first-order valence-electron chi connectivity index (χ1n) is 8.84. The van der Waals surface area contributed by atoms with E-state index in [0.717, 1.165) is 32.7 Å². The largest absolute Gasteiger partial charge is 0.492 e. The zero-order valence-electron chi connectivity index (χ0n) is 15.6. The fourth-order valence-electron chi connectivity index (χ4n) is 2.99. The molecule has 0 saturated carbocycles. The Bertz CT molecular complexity index is 884. The van der Waals surface area contributed by atoms with Crippen LogP contribution in [-0.4, -0.2) is 72.4 Å². The maximum absolute atomic E-state index is 12.2. The molecule has 2 heterocycles. The van der Waals surface area contributed by atoms with Crippen LogP contribution in [0.3, 0.4) is 0 Å². The van der Waals surface area contributed by atoms with Crippen LogP contribution in [-0.2, 0) is 0 Å². The number of nitrogens with zero attached hydrogens (tertiary/aromatic N) is 4. The molecule has 7 nitrogen and oxygen atoms in total. The smallest absolute Gasteiger partial charge is 0.270 e. The molecule has 1 aromatic carbocycles. The molecule has 0 spiro atoms. The van der Waals surface area contributed by atoms with Crippen molar-refractivity contribution in [1.29, 1.82) is 5.26 Å². The second-order valence-corrected chi connectivity index (χ2v) is 7.20. The van der Waals surface area contributed by atoms with E-state index in [0.29, 0.717) is 28.8 Å².